The average molecular weight is 865 g/mol. The van der Waals surface area contributed by atoms with Crippen molar-refractivity contribution < 1.29 is 28.6 Å². The Hall–Kier alpha value is -3.15. The molecule has 0 aliphatic carbocycles. The molecule has 0 aromatic rings. The third-order valence-corrected chi connectivity index (χ3v) is 11.1. The fourth-order valence-corrected chi connectivity index (χ4v) is 7.16. The third kappa shape index (κ3) is 47.9. The van der Waals surface area contributed by atoms with Crippen LogP contribution in [0.1, 0.15) is 245 Å². The van der Waals surface area contributed by atoms with E-state index in [9.17, 15) is 14.4 Å². The van der Waals surface area contributed by atoms with Gasteiger partial charge in [-0.05, 0) is 64.2 Å². The van der Waals surface area contributed by atoms with E-state index in [1.54, 1.807) is 0 Å². The molecule has 0 aliphatic heterocycles. The van der Waals surface area contributed by atoms with Gasteiger partial charge >= 0.3 is 17.9 Å². The van der Waals surface area contributed by atoms with Crippen LogP contribution in [0.5, 0.6) is 0 Å². The van der Waals surface area contributed by atoms with E-state index in [-0.39, 0.29) is 37.5 Å². The number of ether oxygens (including phenoxy) is 3. The lowest BCUT2D eigenvalue weighted by atomic mass is 10.1. The van der Waals surface area contributed by atoms with Crippen molar-refractivity contribution in [2.75, 3.05) is 13.2 Å². The fourth-order valence-electron chi connectivity index (χ4n) is 7.16. The van der Waals surface area contributed by atoms with Crippen LogP contribution in [-0.2, 0) is 28.6 Å². The monoisotopic (exact) mass is 865 g/mol. The topological polar surface area (TPSA) is 78.9 Å². The summed E-state index contributed by atoms with van der Waals surface area (Å²) in [4.78, 5) is 37.9. The zero-order valence-corrected chi connectivity index (χ0v) is 40.6. The number of unbranched alkanes of at least 4 members (excludes halogenated alkanes) is 27. The van der Waals surface area contributed by atoms with E-state index >= 15 is 0 Å². The largest absolute Gasteiger partial charge is 0.462 e. The van der Waals surface area contributed by atoms with Crippen LogP contribution in [-0.4, -0.2) is 37.2 Å². The summed E-state index contributed by atoms with van der Waals surface area (Å²) in [5.74, 6) is -0.943. The van der Waals surface area contributed by atoms with Crippen LogP contribution >= 0.6 is 0 Å². The Morgan fingerprint density at radius 2 is 0.645 bits per heavy atom. The molecule has 6 nitrogen and oxygen atoms in total. The van der Waals surface area contributed by atoms with Crippen LogP contribution < -0.4 is 0 Å². The first-order valence-electron chi connectivity index (χ1n) is 26.0. The minimum atomic E-state index is -0.798. The number of allylic oxidation sites excluding steroid dienone is 12. The van der Waals surface area contributed by atoms with Gasteiger partial charge in [-0.15, -0.1) is 0 Å². The van der Waals surface area contributed by atoms with E-state index < -0.39 is 6.10 Å². The standard InChI is InChI=1S/C56H96O6/c1-4-7-10-13-16-19-22-24-26-27-28-30-31-34-37-40-43-46-49-55(58)61-52-53(51-60-54(57)48-45-42-39-36-33-21-18-15-12-9-6-3)62-56(59)50-47-44-41-38-35-32-29-25-23-20-17-14-11-8-5-2/h8,11,14,17,20,23,25,28-30,32,35,53H,4-7,9-10,12-13,15-16,18-19,21-22,24,26-27,31,33-34,36-52H2,1-3H3/b11-8-,17-14-,23-20-,29-25-,30-28-,35-32-. The zero-order valence-electron chi connectivity index (χ0n) is 40.6. The lowest BCUT2D eigenvalue weighted by molar-refractivity contribution is -0.167. The van der Waals surface area contributed by atoms with Crippen molar-refractivity contribution in [2.45, 2.75) is 252 Å². The molecule has 1 unspecified atom stereocenters. The zero-order chi connectivity index (χ0) is 45.1. The van der Waals surface area contributed by atoms with Crippen molar-refractivity contribution in [3.05, 3.63) is 72.9 Å². The molecule has 0 aromatic carbocycles. The molecule has 0 amide bonds. The predicted molar refractivity (Wildman–Crippen MR) is 265 cm³/mol. The molecule has 1 atom stereocenters. The van der Waals surface area contributed by atoms with Gasteiger partial charge in [0.15, 0.2) is 6.10 Å². The lowest BCUT2D eigenvalue weighted by Crippen LogP contribution is -2.30. The van der Waals surface area contributed by atoms with Gasteiger partial charge in [0, 0.05) is 19.3 Å². The van der Waals surface area contributed by atoms with Gasteiger partial charge in [-0.1, -0.05) is 235 Å². The van der Waals surface area contributed by atoms with Gasteiger partial charge < -0.3 is 14.2 Å². The van der Waals surface area contributed by atoms with Crippen LogP contribution in [0.3, 0.4) is 0 Å². The molecule has 6 heteroatoms. The molecule has 0 saturated carbocycles. The van der Waals surface area contributed by atoms with Crippen LogP contribution in [0, 0.1) is 0 Å². The second-order valence-corrected chi connectivity index (χ2v) is 17.2. The van der Waals surface area contributed by atoms with Crippen molar-refractivity contribution >= 4 is 17.9 Å². The summed E-state index contributed by atoms with van der Waals surface area (Å²) in [5, 5.41) is 0. The van der Waals surface area contributed by atoms with Crippen molar-refractivity contribution in [3.63, 3.8) is 0 Å². The molecule has 0 fully saturated rings. The van der Waals surface area contributed by atoms with E-state index in [0.29, 0.717) is 19.3 Å². The van der Waals surface area contributed by atoms with Gasteiger partial charge in [0.1, 0.15) is 13.2 Å². The van der Waals surface area contributed by atoms with E-state index in [1.807, 2.05) is 48.6 Å². The number of carbonyl (C=O) groups excluding carboxylic acids is 3. The second kappa shape index (κ2) is 50.5. The maximum absolute atomic E-state index is 12.8. The Morgan fingerprint density at radius 3 is 1.05 bits per heavy atom. The van der Waals surface area contributed by atoms with Gasteiger partial charge in [0.25, 0.3) is 0 Å². The normalized spacial score (nSPS) is 12.6. The number of esters is 3. The van der Waals surface area contributed by atoms with Crippen molar-refractivity contribution in [3.8, 4) is 0 Å². The highest BCUT2D eigenvalue weighted by Crippen LogP contribution is 2.15. The molecule has 0 saturated heterocycles. The van der Waals surface area contributed by atoms with Crippen LogP contribution in [0.2, 0.25) is 0 Å². The molecule has 62 heavy (non-hydrogen) atoms. The van der Waals surface area contributed by atoms with Crippen molar-refractivity contribution in [1.29, 1.82) is 0 Å². The highest BCUT2D eigenvalue weighted by molar-refractivity contribution is 5.71. The fraction of sp³-hybridized carbons (Fsp3) is 0.732. The first-order valence-corrected chi connectivity index (χ1v) is 26.0. The van der Waals surface area contributed by atoms with E-state index in [0.717, 1.165) is 70.6 Å². The number of rotatable bonds is 46. The molecular weight excluding hydrogens is 769 g/mol. The summed E-state index contributed by atoms with van der Waals surface area (Å²) >= 11 is 0. The second-order valence-electron chi connectivity index (χ2n) is 17.2. The van der Waals surface area contributed by atoms with Crippen LogP contribution in [0.25, 0.3) is 0 Å². The average Bonchev–Trinajstić information content (AvgIpc) is 3.27. The number of hydrogen-bond donors (Lipinski definition) is 0. The molecule has 0 rings (SSSR count). The van der Waals surface area contributed by atoms with Crippen molar-refractivity contribution in [2.24, 2.45) is 0 Å². The Kier molecular flexibility index (Phi) is 47.9. The Labute approximate surface area is 382 Å². The molecule has 356 valence electrons. The highest BCUT2D eigenvalue weighted by atomic mass is 16.6. The predicted octanol–water partition coefficient (Wildman–Crippen LogP) is 17.0. The summed E-state index contributed by atoms with van der Waals surface area (Å²) in [7, 11) is 0. The number of carbonyl (C=O) groups is 3. The van der Waals surface area contributed by atoms with Gasteiger partial charge in [0.05, 0.1) is 0 Å². The first-order chi connectivity index (χ1) is 30.5. The highest BCUT2D eigenvalue weighted by Gasteiger charge is 2.19. The molecule has 0 bridgehead atoms. The SMILES string of the molecule is CC\C=C/C=C\C=C/C=C\C=C/CCCCCC(=O)OC(COC(=O)CCCCCCC/C=C\CCCCCCCCCCC)COC(=O)CCCCCCCCCCCCC. The maximum Gasteiger partial charge on any atom is 0.306 e. The summed E-state index contributed by atoms with van der Waals surface area (Å²) in [6.45, 7) is 6.45. The van der Waals surface area contributed by atoms with Crippen LogP contribution in [0.15, 0.2) is 72.9 Å². The molecule has 0 aromatic heterocycles. The van der Waals surface area contributed by atoms with Gasteiger partial charge in [-0.2, -0.15) is 0 Å². The molecule has 0 spiro atoms. The molecule has 0 aliphatic rings. The summed E-state index contributed by atoms with van der Waals surface area (Å²) in [6, 6.07) is 0. The van der Waals surface area contributed by atoms with Gasteiger partial charge in [-0.25, -0.2) is 0 Å². The summed E-state index contributed by atoms with van der Waals surface area (Å²) in [5.41, 5.74) is 0. The lowest BCUT2D eigenvalue weighted by Gasteiger charge is -2.18. The summed E-state index contributed by atoms with van der Waals surface area (Å²) < 4.78 is 16.7. The molecule has 0 radical (unpaired) electrons. The Morgan fingerprint density at radius 1 is 0.339 bits per heavy atom. The third-order valence-electron chi connectivity index (χ3n) is 11.1. The first kappa shape index (κ1) is 58.9. The van der Waals surface area contributed by atoms with Crippen molar-refractivity contribution in [1.82, 2.24) is 0 Å². The minimum absolute atomic E-state index is 0.0940. The minimum Gasteiger partial charge on any atom is -0.462 e. The van der Waals surface area contributed by atoms with E-state index in [4.69, 9.17) is 14.2 Å². The number of hydrogen-bond acceptors (Lipinski definition) is 6. The molecular formula is C56H96O6. The Bertz CT molecular complexity index is 1180. The summed E-state index contributed by atoms with van der Waals surface area (Å²) in [6.07, 6.45) is 63.1. The smallest absolute Gasteiger partial charge is 0.306 e. The Balaban J connectivity index is 4.43. The van der Waals surface area contributed by atoms with Gasteiger partial charge in [-0.3, -0.25) is 14.4 Å². The maximum atomic E-state index is 12.8. The van der Waals surface area contributed by atoms with Crippen LogP contribution in [0.4, 0.5) is 0 Å². The van der Waals surface area contributed by atoms with E-state index in [2.05, 4.69) is 45.1 Å². The molecule has 0 N–H and O–H groups in total. The van der Waals surface area contributed by atoms with E-state index in [1.165, 1.54) is 128 Å². The quantitative estimate of drug-likeness (QED) is 0.0199. The van der Waals surface area contributed by atoms with Gasteiger partial charge in [0.2, 0.25) is 0 Å². The molecule has 0 heterocycles.